The van der Waals surface area contributed by atoms with Gasteiger partial charge in [-0.3, -0.25) is 4.79 Å². The van der Waals surface area contributed by atoms with Crippen LogP contribution in [0.2, 0.25) is 0 Å². The Hall–Kier alpha value is -1.42. The Morgan fingerprint density at radius 1 is 1.38 bits per heavy atom. The van der Waals surface area contributed by atoms with Gasteiger partial charge in [-0.2, -0.15) is 0 Å². The Balaban J connectivity index is 2.54. The van der Waals surface area contributed by atoms with E-state index in [-0.39, 0.29) is 11.7 Å². The second-order valence-electron chi connectivity index (χ2n) is 4.23. The molecule has 0 aliphatic carbocycles. The van der Waals surface area contributed by atoms with E-state index in [1.54, 1.807) is 0 Å². The average molecular weight is 224 g/mol. The highest BCUT2D eigenvalue weighted by molar-refractivity contribution is 5.94. The summed E-state index contributed by atoms with van der Waals surface area (Å²) in [4.78, 5) is 11.6. The third-order valence-electron chi connectivity index (χ3n) is 2.17. The van der Waals surface area contributed by atoms with Crippen LogP contribution in [0.15, 0.2) is 24.3 Å². The molecule has 0 bridgehead atoms. The zero-order valence-electron chi connectivity index (χ0n) is 9.53. The molecule has 0 radical (unpaired) electrons. The predicted octanol–water partition coefficient (Wildman–Crippen LogP) is 2.14. The molecule has 3 nitrogen and oxygen atoms in total. The van der Waals surface area contributed by atoms with E-state index in [9.17, 15) is 9.18 Å². The number of benzene rings is 1. The fraction of sp³-hybridized carbons (Fsp3) is 0.417. The molecule has 0 fully saturated rings. The van der Waals surface area contributed by atoms with E-state index < -0.39 is 6.04 Å². The van der Waals surface area contributed by atoms with E-state index in [1.807, 2.05) is 13.8 Å². The number of hydrogen-bond acceptors (Lipinski definition) is 2. The van der Waals surface area contributed by atoms with Crippen LogP contribution >= 0.6 is 0 Å². The minimum absolute atomic E-state index is 0.236. The Labute approximate surface area is 94.8 Å². The molecule has 0 aliphatic heterocycles. The molecule has 1 unspecified atom stereocenters. The van der Waals surface area contributed by atoms with Gasteiger partial charge >= 0.3 is 0 Å². The van der Waals surface area contributed by atoms with Gasteiger partial charge in [0, 0.05) is 5.69 Å². The SMILES string of the molecule is CC(C)CC(N)C(=O)Nc1ccc(F)cc1. The van der Waals surface area contributed by atoms with Gasteiger partial charge in [-0.15, -0.1) is 0 Å². The number of nitrogens with one attached hydrogen (secondary N) is 1. The summed E-state index contributed by atoms with van der Waals surface area (Å²) in [6.07, 6.45) is 0.632. The smallest absolute Gasteiger partial charge is 0.241 e. The average Bonchev–Trinajstić information content (AvgIpc) is 2.20. The first-order valence-electron chi connectivity index (χ1n) is 5.31. The van der Waals surface area contributed by atoms with Gasteiger partial charge < -0.3 is 11.1 Å². The van der Waals surface area contributed by atoms with E-state index in [2.05, 4.69) is 5.32 Å². The maximum Gasteiger partial charge on any atom is 0.241 e. The van der Waals surface area contributed by atoms with Crippen LogP contribution in [0.25, 0.3) is 0 Å². The molecule has 4 heteroatoms. The van der Waals surface area contributed by atoms with Gasteiger partial charge in [0.15, 0.2) is 0 Å². The first-order chi connectivity index (χ1) is 7.49. The summed E-state index contributed by atoms with van der Waals surface area (Å²) < 4.78 is 12.6. The van der Waals surface area contributed by atoms with Gasteiger partial charge in [0.25, 0.3) is 0 Å². The molecular weight excluding hydrogens is 207 g/mol. The molecule has 0 saturated heterocycles. The van der Waals surface area contributed by atoms with Crippen molar-refractivity contribution in [2.24, 2.45) is 11.7 Å². The van der Waals surface area contributed by atoms with Crippen LogP contribution in [0.4, 0.5) is 10.1 Å². The van der Waals surface area contributed by atoms with Crippen LogP contribution in [0.3, 0.4) is 0 Å². The molecule has 3 N–H and O–H groups in total. The van der Waals surface area contributed by atoms with Crippen LogP contribution in [0, 0.1) is 11.7 Å². The number of carbonyl (C=O) groups excluding carboxylic acids is 1. The number of rotatable bonds is 4. The summed E-state index contributed by atoms with van der Waals surface area (Å²) in [6, 6.07) is 5.09. The molecule has 1 atom stereocenters. The van der Waals surface area contributed by atoms with Gasteiger partial charge in [-0.05, 0) is 36.6 Å². The number of carbonyl (C=O) groups is 1. The van der Waals surface area contributed by atoms with Crippen molar-refractivity contribution in [1.82, 2.24) is 0 Å². The van der Waals surface area contributed by atoms with Crippen LogP contribution < -0.4 is 11.1 Å². The minimum Gasteiger partial charge on any atom is -0.325 e. The van der Waals surface area contributed by atoms with Gasteiger partial charge in [0.05, 0.1) is 6.04 Å². The molecule has 0 spiro atoms. The van der Waals surface area contributed by atoms with E-state index >= 15 is 0 Å². The zero-order valence-corrected chi connectivity index (χ0v) is 9.53. The maximum absolute atomic E-state index is 12.6. The van der Waals surface area contributed by atoms with Gasteiger partial charge in [0.2, 0.25) is 5.91 Å². The van der Waals surface area contributed by atoms with Crippen molar-refractivity contribution in [2.45, 2.75) is 26.3 Å². The van der Waals surface area contributed by atoms with E-state index in [0.717, 1.165) is 0 Å². The van der Waals surface area contributed by atoms with Crippen molar-refractivity contribution in [3.63, 3.8) is 0 Å². The lowest BCUT2D eigenvalue weighted by atomic mass is 10.0. The topological polar surface area (TPSA) is 55.1 Å². The molecule has 0 aromatic heterocycles. The number of halogens is 1. The minimum atomic E-state index is -0.523. The summed E-state index contributed by atoms with van der Waals surface area (Å²) in [5.41, 5.74) is 6.27. The Morgan fingerprint density at radius 3 is 2.44 bits per heavy atom. The van der Waals surface area contributed by atoms with Gasteiger partial charge in [-0.25, -0.2) is 4.39 Å². The molecule has 16 heavy (non-hydrogen) atoms. The van der Waals surface area contributed by atoms with Gasteiger partial charge in [0.1, 0.15) is 5.82 Å². The van der Waals surface area contributed by atoms with Crippen molar-refractivity contribution >= 4 is 11.6 Å². The fourth-order valence-electron chi connectivity index (χ4n) is 1.38. The Morgan fingerprint density at radius 2 is 1.94 bits per heavy atom. The standard InChI is InChI=1S/C12H17FN2O/c1-8(2)7-11(14)12(16)15-10-5-3-9(13)4-6-10/h3-6,8,11H,7,14H2,1-2H3,(H,15,16). The Bertz CT molecular complexity index is 349. The van der Waals surface area contributed by atoms with E-state index in [1.165, 1.54) is 24.3 Å². The van der Waals surface area contributed by atoms with Crippen LogP contribution in [0.1, 0.15) is 20.3 Å². The quantitative estimate of drug-likeness (QED) is 0.823. The normalized spacial score (nSPS) is 12.6. The molecule has 0 heterocycles. The summed E-state index contributed by atoms with van der Waals surface area (Å²) >= 11 is 0. The monoisotopic (exact) mass is 224 g/mol. The summed E-state index contributed by atoms with van der Waals surface area (Å²) in [6.45, 7) is 4.01. The molecule has 0 aliphatic rings. The fourth-order valence-corrected chi connectivity index (χ4v) is 1.38. The molecule has 1 amide bonds. The highest BCUT2D eigenvalue weighted by atomic mass is 19.1. The predicted molar refractivity (Wildman–Crippen MR) is 62.5 cm³/mol. The highest BCUT2D eigenvalue weighted by Gasteiger charge is 2.14. The van der Waals surface area contributed by atoms with Crippen molar-refractivity contribution < 1.29 is 9.18 Å². The summed E-state index contributed by atoms with van der Waals surface area (Å²) in [5.74, 6) is -0.196. The van der Waals surface area contributed by atoms with Crippen LogP contribution in [0.5, 0.6) is 0 Å². The highest BCUT2D eigenvalue weighted by Crippen LogP contribution is 2.10. The lowest BCUT2D eigenvalue weighted by molar-refractivity contribution is -0.117. The molecule has 88 valence electrons. The lowest BCUT2D eigenvalue weighted by Gasteiger charge is -2.14. The lowest BCUT2D eigenvalue weighted by Crippen LogP contribution is -2.36. The molecule has 1 aromatic carbocycles. The largest absolute Gasteiger partial charge is 0.325 e. The second-order valence-corrected chi connectivity index (χ2v) is 4.23. The first kappa shape index (κ1) is 12.6. The van der Waals surface area contributed by atoms with Crippen molar-refractivity contribution in [3.05, 3.63) is 30.1 Å². The number of anilines is 1. The summed E-state index contributed by atoms with van der Waals surface area (Å²) in [5, 5.41) is 2.64. The van der Waals surface area contributed by atoms with Crippen LogP contribution in [-0.4, -0.2) is 11.9 Å². The zero-order chi connectivity index (χ0) is 12.1. The van der Waals surface area contributed by atoms with Crippen molar-refractivity contribution in [2.75, 3.05) is 5.32 Å². The van der Waals surface area contributed by atoms with E-state index in [4.69, 9.17) is 5.73 Å². The number of amides is 1. The Kier molecular flexibility index (Phi) is 4.43. The number of nitrogens with two attached hydrogens (primary N) is 1. The van der Waals surface area contributed by atoms with Crippen molar-refractivity contribution in [1.29, 1.82) is 0 Å². The van der Waals surface area contributed by atoms with Crippen LogP contribution in [-0.2, 0) is 4.79 Å². The second kappa shape index (κ2) is 5.61. The molecular formula is C12H17FN2O. The van der Waals surface area contributed by atoms with E-state index in [0.29, 0.717) is 18.0 Å². The maximum atomic E-state index is 12.6. The third-order valence-corrected chi connectivity index (χ3v) is 2.17. The molecule has 1 aromatic rings. The number of hydrogen-bond donors (Lipinski definition) is 2. The molecule has 1 rings (SSSR count). The molecule has 0 saturated carbocycles. The van der Waals surface area contributed by atoms with Gasteiger partial charge in [-0.1, -0.05) is 13.8 Å². The first-order valence-corrected chi connectivity index (χ1v) is 5.31. The third kappa shape index (κ3) is 3.98. The van der Waals surface area contributed by atoms with Crippen molar-refractivity contribution in [3.8, 4) is 0 Å². The summed E-state index contributed by atoms with van der Waals surface area (Å²) in [7, 11) is 0.